The van der Waals surface area contributed by atoms with E-state index in [1.165, 1.54) is 0 Å². The van der Waals surface area contributed by atoms with Crippen LogP contribution in [0.4, 0.5) is 0 Å². The molecule has 1 atom stereocenters. The first-order chi connectivity index (χ1) is 14.1. The van der Waals surface area contributed by atoms with E-state index in [1.54, 1.807) is 31.3 Å². The number of nitro groups is 1. The van der Waals surface area contributed by atoms with Crippen LogP contribution in [0.1, 0.15) is 17.0 Å². The number of aromatic hydroxyl groups is 1. The second-order valence-corrected chi connectivity index (χ2v) is 6.89. The minimum atomic E-state index is -0.782. The third kappa shape index (κ3) is 2.44. The highest BCUT2D eigenvalue weighted by Gasteiger charge is 2.41. The van der Waals surface area contributed by atoms with Crippen molar-refractivity contribution in [2.24, 2.45) is 0 Å². The third-order valence-corrected chi connectivity index (χ3v) is 5.36. The van der Waals surface area contributed by atoms with Crippen LogP contribution < -0.4 is 10.1 Å². The number of nitrogens with zero attached hydrogens (tertiary/aromatic N) is 1. The maximum absolute atomic E-state index is 12.0. The Morgan fingerprint density at radius 1 is 1.03 bits per heavy atom. The van der Waals surface area contributed by atoms with Gasteiger partial charge < -0.3 is 20.1 Å². The Morgan fingerprint density at radius 2 is 1.79 bits per heavy atom. The van der Waals surface area contributed by atoms with E-state index in [4.69, 9.17) is 4.74 Å². The number of allylic oxidation sites excluding steroid dienone is 1. The summed E-state index contributed by atoms with van der Waals surface area (Å²) in [5.41, 5.74) is 2.61. The minimum Gasteiger partial charge on any atom is -0.507 e. The first kappa shape index (κ1) is 17.1. The predicted molar refractivity (Wildman–Crippen MR) is 109 cm³/mol. The number of ether oxygens (including phenoxy) is 1. The maximum atomic E-state index is 12.0. The summed E-state index contributed by atoms with van der Waals surface area (Å²) in [6.45, 7) is 0. The molecule has 1 unspecified atom stereocenters. The number of phenols is 1. The van der Waals surface area contributed by atoms with Gasteiger partial charge in [-0.25, -0.2) is 0 Å². The van der Waals surface area contributed by atoms with E-state index in [0.717, 1.165) is 16.4 Å². The van der Waals surface area contributed by atoms with E-state index in [0.29, 0.717) is 22.3 Å². The van der Waals surface area contributed by atoms with Crippen LogP contribution in [0.3, 0.4) is 0 Å². The molecule has 3 aromatic carbocycles. The van der Waals surface area contributed by atoms with Crippen molar-refractivity contribution >= 4 is 21.8 Å². The number of fused-ring (bicyclic) bond motifs is 4. The SMILES string of the molecule is CNC1=C([N+](=O)[O-])C(c2ccc3[nH]c4ccccc4c3c2O)c2ccccc2O1. The molecule has 0 radical (unpaired) electrons. The Labute approximate surface area is 165 Å². The Bertz CT molecular complexity index is 1320. The monoisotopic (exact) mass is 387 g/mol. The molecule has 0 saturated carbocycles. The second-order valence-electron chi connectivity index (χ2n) is 6.89. The van der Waals surface area contributed by atoms with Crippen LogP contribution in [0.2, 0.25) is 0 Å². The highest BCUT2D eigenvalue weighted by Crippen LogP contribution is 2.47. The van der Waals surface area contributed by atoms with E-state index < -0.39 is 10.8 Å². The average Bonchev–Trinajstić information content (AvgIpc) is 3.12. The van der Waals surface area contributed by atoms with E-state index in [2.05, 4.69) is 10.3 Å². The van der Waals surface area contributed by atoms with Crippen molar-refractivity contribution in [2.45, 2.75) is 5.92 Å². The van der Waals surface area contributed by atoms with Crippen molar-refractivity contribution in [1.82, 2.24) is 10.3 Å². The van der Waals surface area contributed by atoms with Gasteiger partial charge in [0.25, 0.3) is 5.88 Å². The van der Waals surface area contributed by atoms with Crippen LogP contribution >= 0.6 is 0 Å². The summed E-state index contributed by atoms with van der Waals surface area (Å²) < 4.78 is 5.73. The molecular weight excluding hydrogens is 370 g/mol. The van der Waals surface area contributed by atoms with Gasteiger partial charge >= 0.3 is 5.70 Å². The van der Waals surface area contributed by atoms with Crippen LogP contribution in [-0.2, 0) is 0 Å². The van der Waals surface area contributed by atoms with Gasteiger partial charge in [0, 0.05) is 34.5 Å². The minimum absolute atomic E-state index is 0.0245. The van der Waals surface area contributed by atoms with Crippen molar-refractivity contribution in [3.63, 3.8) is 0 Å². The predicted octanol–water partition coefficient (Wildman–Crippen LogP) is 4.22. The molecule has 0 aliphatic carbocycles. The van der Waals surface area contributed by atoms with Crippen molar-refractivity contribution in [3.05, 3.63) is 93.5 Å². The molecular formula is C22H17N3O4. The summed E-state index contributed by atoms with van der Waals surface area (Å²) in [6, 6.07) is 18.4. The number of aromatic nitrogens is 1. The molecule has 7 nitrogen and oxygen atoms in total. The normalized spacial score (nSPS) is 16.0. The lowest BCUT2D eigenvalue weighted by atomic mass is 9.85. The van der Waals surface area contributed by atoms with Crippen molar-refractivity contribution in [2.75, 3.05) is 7.05 Å². The number of hydrogen-bond donors (Lipinski definition) is 3. The van der Waals surface area contributed by atoms with Crippen LogP contribution in [0.5, 0.6) is 11.5 Å². The summed E-state index contributed by atoms with van der Waals surface area (Å²) in [5, 5.41) is 27.5. The summed E-state index contributed by atoms with van der Waals surface area (Å²) in [4.78, 5) is 14.8. The van der Waals surface area contributed by atoms with Gasteiger partial charge in [-0.1, -0.05) is 42.5 Å². The molecule has 144 valence electrons. The van der Waals surface area contributed by atoms with E-state index in [-0.39, 0.29) is 17.3 Å². The highest BCUT2D eigenvalue weighted by molar-refractivity contribution is 6.10. The molecule has 5 rings (SSSR count). The van der Waals surface area contributed by atoms with Gasteiger partial charge in [-0.05, 0) is 18.2 Å². The number of para-hydroxylation sites is 2. The quantitative estimate of drug-likeness (QED) is 0.361. The standard InChI is InChI=1S/C22H17N3O4/c1-23-22-20(25(27)28)18(13-7-3-5-9-17(13)29-22)14-10-11-16-19(21(14)26)12-6-2-4-8-15(12)24-16/h2-11,18,23-24,26H,1H3. The van der Waals surface area contributed by atoms with Gasteiger partial charge in [0.15, 0.2) is 0 Å². The summed E-state index contributed by atoms with van der Waals surface area (Å²) >= 11 is 0. The topological polar surface area (TPSA) is 100 Å². The smallest absolute Gasteiger partial charge is 0.317 e. The van der Waals surface area contributed by atoms with E-state index in [1.807, 2.05) is 36.4 Å². The van der Waals surface area contributed by atoms with Crippen molar-refractivity contribution < 1.29 is 14.8 Å². The molecule has 1 aromatic heterocycles. The van der Waals surface area contributed by atoms with Crippen molar-refractivity contribution in [3.8, 4) is 11.5 Å². The highest BCUT2D eigenvalue weighted by atomic mass is 16.6. The zero-order chi connectivity index (χ0) is 20.1. The molecule has 1 aliphatic rings. The Kier molecular flexibility index (Phi) is 3.70. The largest absolute Gasteiger partial charge is 0.507 e. The maximum Gasteiger partial charge on any atom is 0.317 e. The number of nitrogens with one attached hydrogen (secondary N) is 2. The van der Waals surface area contributed by atoms with Gasteiger partial charge in [0.05, 0.1) is 10.4 Å². The summed E-state index contributed by atoms with van der Waals surface area (Å²) in [7, 11) is 1.58. The fourth-order valence-electron chi connectivity index (χ4n) is 4.11. The molecule has 3 N–H and O–H groups in total. The van der Waals surface area contributed by atoms with Gasteiger partial charge in [-0.2, -0.15) is 0 Å². The fourth-order valence-corrected chi connectivity index (χ4v) is 4.11. The second kappa shape index (κ2) is 6.27. The molecule has 0 spiro atoms. The Balaban J connectivity index is 1.84. The molecule has 0 bridgehead atoms. The first-order valence-electron chi connectivity index (χ1n) is 9.15. The molecule has 7 heteroatoms. The van der Waals surface area contributed by atoms with Gasteiger partial charge in [0.2, 0.25) is 0 Å². The van der Waals surface area contributed by atoms with Crippen LogP contribution in [0.15, 0.2) is 72.2 Å². The zero-order valence-corrected chi connectivity index (χ0v) is 15.5. The molecule has 0 fully saturated rings. The summed E-state index contributed by atoms with van der Waals surface area (Å²) in [6.07, 6.45) is 0. The van der Waals surface area contributed by atoms with Crippen LogP contribution in [-0.4, -0.2) is 22.1 Å². The van der Waals surface area contributed by atoms with Gasteiger partial charge in [0.1, 0.15) is 17.4 Å². The Morgan fingerprint density at radius 3 is 2.59 bits per heavy atom. The van der Waals surface area contributed by atoms with Gasteiger partial charge in [-0.3, -0.25) is 10.1 Å². The number of H-pyrrole nitrogens is 1. The van der Waals surface area contributed by atoms with Crippen molar-refractivity contribution in [1.29, 1.82) is 0 Å². The molecule has 1 aliphatic heterocycles. The van der Waals surface area contributed by atoms with Crippen LogP contribution in [0, 0.1) is 10.1 Å². The number of hydrogen-bond acceptors (Lipinski definition) is 5. The number of aromatic amines is 1. The number of rotatable bonds is 3. The lowest BCUT2D eigenvalue weighted by molar-refractivity contribution is -0.432. The van der Waals surface area contributed by atoms with Crippen LogP contribution in [0.25, 0.3) is 21.8 Å². The number of phenolic OH excluding ortho intramolecular Hbond substituents is 1. The molecule has 0 saturated heterocycles. The molecule has 4 aromatic rings. The first-order valence-corrected chi connectivity index (χ1v) is 9.15. The lowest BCUT2D eigenvalue weighted by Crippen LogP contribution is -2.27. The summed E-state index contributed by atoms with van der Waals surface area (Å²) in [5.74, 6) is -0.171. The molecule has 0 amide bonds. The fraction of sp³-hybridized carbons (Fsp3) is 0.0909. The molecule has 29 heavy (non-hydrogen) atoms. The van der Waals surface area contributed by atoms with E-state index >= 15 is 0 Å². The third-order valence-electron chi connectivity index (χ3n) is 5.36. The zero-order valence-electron chi connectivity index (χ0n) is 15.5. The Hall–Kier alpha value is -4.00. The lowest BCUT2D eigenvalue weighted by Gasteiger charge is -2.26. The molecule has 2 heterocycles. The number of benzene rings is 3. The average molecular weight is 387 g/mol. The van der Waals surface area contributed by atoms with E-state index in [9.17, 15) is 15.2 Å². The van der Waals surface area contributed by atoms with Gasteiger partial charge in [-0.15, -0.1) is 0 Å².